The van der Waals surface area contributed by atoms with E-state index in [2.05, 4.69) is 0 Å². The van der Waals surface area contributed by atoms with Crippen LogP contribution in [0.25, 0.3) is 0 Å². The van der Waals surface area contributed by atoms with E-state index in [1.54, 1.807) is 37.4 Å². The predicted octanol–water partition coefficient (Wildman–Crippen LogP) is 3.30. The van der Waals surface area contributed by atoms with Gasteiger partial charge in [0.2, 0.25) is 0 Å². The monoisotopic (exact) mass is 285 g/mol. The van der Waals surface area contributed by atoms with Gasteiger partial charge in [-0.2, -0.15) is 0 Å². The number of rotatable bonds is 6. The van der Waals surface area contributed by atoms with Crippen molar-refractivity contribution in [3.8, 4) is 11.5 Å². The molecule has 2 N–H and O–H groups in total. The molecule has 4 heteroatoms. The van der Waals surface area contributed by atoms with Gasteiger partial charge in [0.15, 0.2) is 5.78 Å². The topological polar surface area (TPSA) is 61.5 Å². The van der Waals surface area contributed by atoms with Gasteiger partial charge in [0, 0.05) is 11.3 Å². The maximum absolute atomic E-state index is 12.7. The van der Waals surface area contributed by atoms with Crippen LogP contribution in [-0.4, -0.2) is 19.5 Å². The number of hydrogen-bond acceptors (Lipinski definition) is 4. The third kappa shape index (κ3) is 3.34. The largest absolute Gasteiger partial charge is 0.497 e. The van der Waals surface area contributed by atoms with Crippen LogP contribution in [0.4, 0.5) is 5.69 Å². The highest BCUT2D eigenvalue weighted by molar-refractivity contribution is 6.13. The van der Waals surface area contributed by atoms with Crippen molar-refractivity contribution in [2.24, 2.45) is 0 Å². The second kappa shape index (κ2) is 6.79. The molecule has 0 saturated carbocycles. The van der Waals surface area contributed by atoms with Crippen LogP contribution >= 0.6 is 0 Å². The summed E-state index contributed by atoms with van der Waals surface area (Å²) in [6.45, 7) is 2.59. The van der Waals surface area contributed by atoms with E-state index in [4.69, 9.17) is 15.2 Å². The summed E-state index contributed by atoms with van der Waals surface area (Å²) in [6.07, 6.45) is 0.879. The van der Waals surface area contributed by atoms with Crippen LogP contribution in [0, 0.1) is 0 Å². The molecule has 2 aromatic rings. The third-order valence-electron chi connectivity index (χ3n) is 3.10. The molecule has 0 amide bonds. The average molecular weight is 285 g/mol. The Morgan fingerprint density at radius 1 is 1.14 bits per heavy atom. The minimum absolute atomic E-state index is 0.168. The fourth-order valence-corrected chi connectivity index (χ4v) is 2.00. The number of anilines is 1. The molecular formula is C17H19NO3. The molecule has 21 heavy (non-hydrogen) atoms. The van der Waals surface area contributed by atoms with E-state index >= 15 is 0 Å². The quantitative estimate of drug-likeness (QED) is 0.653. The van der Waals surface area contributed by atoms with Crippen LogP contribution in [0.15, 0.2) is 42.5 Å². The van der Waals surface area contributed by atoms with Crippen molar-refractivity contribution in [3.63, 3.8) is 0 Å². The first kappa shape index (κ1) is 14.9. The first-order valence-corrected chi connectivity index (χ1v) is 6.87. The van der Waals surface area contributed by atoms with E-state index in [9.17, 15) is 4.79 Å². The van der Waals surface area contributed by atoms with Gasteiger partial charge < -0.3 is 15.2 Å². The summed E-state index contributed by atoms with van der Waals surface area (Å²) >= 11 is 0. The van der Waals surface area contributed by atoms with Crippen LogP contribution in [0.1, 0.15) is 29.3 Å². The number of nitrogens with two attached hydrogens (primary N) is 1. The second-order valence-electron chi connectivity index (χ2n) is 4.63. The van der Waals surface area contributed by atoms with E-state index in [0.717, 1.165) is 6.42 Å². The summed E-state index contributed by atoms with van der Waals surface area (Å²) in [4.78, 5) is 12.7. The zero-order valence-corrected chi connectivity index (χ0v) is 12.3. The van der Waals surface area contributed by atoms with Gasteiger partial charge in [-0.25, -0.2) is 0 Å². The Balaban J connectivity index is 2.40. The fourth-order valence-electron chi connectivity index (χ4n) is 2.00. The molecule has 2 rings (SSSR count). The van der Waals surface area contributed by atoms with Crippen molar-refractivity contribution in [2.45, 2.75) is 13.3 Å². The van der Waals surface area contributed by atoms with Gasteiger partial charge in [0.1, 0.15) is 11.5 Å². The number of nitrogen functional groups attached to an aromatic ring is 1. The van der Waals surface area contributed by atoms with Crippen molar-refractivity contribution in [3.05, 3.63) is 53.6 Å². The summed E-state index contributed by atoms with van der Waals surface area (Å²) in [6, 6.07) is 12.2. The number of methoxy groups -OCH3 is 1. The van der Waals surface area contributed by atoms with Crippen LogP contribution in [-0.2, 0) is 0 Å². The highest BCUT2D eigenvalue weighted by Crippen LogP contribution is 2.26. The third-order valence-corrected chi connectivity index (χ3v) is 3.10. The van der Waals surface area contributed by atoms with Crippen LogP contribution in [0.3, 0.4) is 0 Å². The molecule has 0 aliphatic rings. The van der Waals surface area contributed by atoms with Crippen molar-refractivity contribution in [2.75, 3.05) is 19.5 Å². The molecule has 0 aliphatic carbocycles. The highest BCUT2D eigenvalue weighted by atomic mass is 16.5. The number of benzene rings is 2. The van der Waals surface area contributed by atoms with E-state index in [1.807, 2.05) is 19.1 Å². The van der Waals surface area contributed by atoms with E-state index in [0.29, 0.717) is 34.9 Å². The number of carbonyl (C=O) groups is 1. The van der Waals surface area contributed by atoms with Gasteiger partial charge in [-0.1, -0.05) is 19.1 Å². The first-order chi connectivity index (χ1) is 10.2. The van der Waals surface area contributed by atoms with E-state index in [1.165, 1.54) is 0 Å². The molecule has 4 nitrogen and oxygen atoms in total. The fraction of sp³-hybridized carbons (Fsp3) is 0.235. The Bertz CT molecular complexity index is 638. The minimum atomic E-state index is -0.168. The standard InChI is InChI=1S/C17H19NO3/c1-3-10-21-16-7-5-4-6-13(16)17(19)14-11-12(20-2)8-9-15(14)18/h4-9,11H,3,10,18H2,1-2H3. The molecular weight excluding hydrogens is 266 g/mol. The van der Waals surface area contributed by atoms with Gasteiger partial charge in [-0.3, -0.25) is 4.79 Å². The summed E-state index contributed by atoms with van der Waals surface area (Å²) < 4.78 is 10.8. The second-order valence-corrected chi connectivity index (χ2v) is 4.63. The molecule has 2 aromatic carbocycles. The molecule has 0 saturated heterocycles. The number of para-hydroxylation sites is 1. The van der Waals surface area contributed by atoms with Gasteiger partial charge in [-0.05, 0) is 36.8 Å². The molecule has 110 valence electrons. The van der Waals surface area contributed by atoms with Gasteiger partial charge in [0.05, 0.1) is 19.3 Å². The van der Waals surface area contributed by atoms with Crippen molar-refractivity contribution in [1.29, 1.82) is 0 Å². The summed E-state index contributed by atoms with van der Waals surface area (Å²) in [5.41, 5.74) is 7.26. The minimum Gasteiger partial charge on any atom is -0.497 e. The molecule has 0 heterocycles. The number of hydrogen-bond donors (Lipinski definition) is 1. The lowest BCUT2D eigenvalue weighted by Crippen LogP contribution is -2.08. The Morgan fingerprint density at radius 3 is 2.62 bits per heavy atom. The molecule has 0 fully saturated rings. The van der Waals surface area contributed by atoms with E-state index < -0.39 is 0 Å². The molecule has 0 bridgehead atoms. The predicted molar refractivity (Wildman–Crippen MR) is 83.1 cm³/mol. The first-order valence-electron chi connectivity index (χ1n) is 6.87. The van der Waals surface area contributed by atoms with Crippen LogP contribution < -0.4 is 15.2 Å². The van der Waals surface area contributed by atoms with Crippen molar-refractivity contribution < 1.29 is 14.3 Å². The lowest BCUT2D eigenvalue weighted by atomic mass is 10.0. The maximum atomic E-state index is 12.7. The smallest absolute Gasteiger partial charge is 0.198 e. The summed E-state index contributed by atoms with van der Waals surface area (Å²) in [5.74, 6) is 1.00. The molecule has 0 atom stereocenters. The van der Waals surface area contributed by atoms with Crippen LogP contribution in [0.5, 0.6) is 11.5 Å². The summed E-state index contributed by atoms with van der Waals surface area (Å²) in [7, 11) is 1.55. The Hall–Kier alpha value is -2.49. The number of carbonyl (C=O) groups excluding carboxylic acids is 1. The van der Waals surface area contributed by atoms with Gasteiger partial charge in [0.25, 0.3) is 0 Å². The zero-order valence-electron chi connectivity index (χ0n) is 12.3. The van der Waals surface area contributed by atoms with Crippen molar-refractivity contribution in [1.82, 2.24) is 0 Å². The number of ether oxygens (including phenoxy) is 2. The van der Waals surface area contributed by atoms with Gasteiger partial charge >= 0.3 is 0 Å². The SMILES string of the molecule is CCCOc1ccccc1C(=O)c1cc(OC)ccc1N. The zero-order chi connectivity index (χ0) is 15.2. The van der Waals surface area contributed by atoms with Crippen molar-refractivity contribution >= 4 is 11.5 Å². The van der Waals surface area contributed by atoms with Gasteiger partial charge in [-0.15, -0.1) is 0 Å². The Kier molecular flexibility index (Phi) is 4.82. The molecule has 0 radical (unpaired) electrons. The van der Waals surface area contributed by atoms with E-state index in [-0.39, 0.29) is 5.78 Å². The molecule has 0 aliphatic heterocycles. The molecule has 0 aromatic heterocycles. The van der Waals surface area contributed by atoms with Crippen LogP contribution in [0.2, 0.25) is 0 Å². The average Bonchev–Trinajstić information content (AvgIpc) is 2.53. The Labute approximate surface area is 124 Å². The lowest BCUT2D eigenvalue weighted by Gasteiger charge is -2.12. The normalized spacial score (nSPS) is 10.2. The molecule has 0 spiro atoms. The summed E-state index contributed by atoms with van der Waals surface area (Å²) in [5, 5.41) is 0. The highest BCUT2D eigenvalue weighted by Gasteiger charge is 2.17. The maximum Gasteiger partial charge on any atom is 0.198 e. The molecule has 0 unspecified atom stereocenters. The Morgan fingerprint density at radius 2 is 1.90 bits per heavy atom. The lowest BCUT2D eigenvalue weighted by molar-refractivity contribution is 0.103. The number of ketones is 1.